The van der Waals surface area contributed by atoms with Crippen LogP contribution in [0.15, 0.2) is 18.6 Å². The Kier molecular flexibility index (Phi) is 6.78. The number of nitrogens with one attached hydrogen (secondary N) is 1. The van der Waals surface area contributed by atoms with Crippen LogP contribution < -0.4 is 5.32 Å². The van der Waals surface area contributed by atoms with Crippen molar-refractivity contribution in [2.45, 2.75) is 52.5 Å². The van der Waals surface area contributed by atoms with E-state index in [1.54, 1.807) is 6.33 Å². The van der Waals surface area contributed by atoms with Crippen LogP contribution in [-0.4, -0.2) is 16.5 Å². The van der Waals surface area contributed by atoms with Crippen molar-refractivity contribution >= 4 is 0 Å². The highest BCUT2D eigenvalue weighted by Crippen LogP contribution is 2.22. The maximum Gasteiger partial charge on any atom is 0.115 e. The molecule has 0 radical (unpaired) electrons. The van der Waals surface area contributed by atoms with Gasteiger partial charge in [-0.25, -0.2) is 9.97 Å². The number of aromatic nitrogens is 2. The van der Waals surface area contributed by atoms with Gasteiger partial charge in [-0.3, -0.25) is 0 Å². The van der Waals surface area contributed by atoms with Gasteiger partial charge in [0, 0.05) is 12.2 Å². The van der Waals surface area contributed by atoms with Crippen LogP contribution in [-0.2, 0) is 0 Å². The Hall–Kier alpha value is -0.960. The molecule has 0 aliphatic heterocycles. The first-order valence-corrected chi connectivity index (χ1v) is 6.77. The Balaban J connectivity index is 2.60. The molecule has 96 valence electrons. The predicted molar refractivity (Wildman–Crippen MR) is 71.8 cm³/mol. The van der Waals surface area contributed by atoms with Crippen molar-refractivity contribution in [1.29, 1.82) is 0 Å². The molecule has 1 N–H and O–H groups in total. The molecule has 1 aromatic rings. The van der Waals surface area contributed by atoms with Crippen molar-refractivity contribution in [3.8, 4) is 0 Å². The Morgan fingerprint density at radius 2 is 2.12 bits per heavy atom. The summed E-state index contributed by atoms with van der Waals surface area (Å²) in [4.78, 5) is 8.36. The van der Waals surface area contributed by atoms with Gasteiger partial charge in [0.05, 0.1) is 5.69 Å². The fourth-order valence-electron chi connectivity index (χ4n) is 2.15. The number of hydrogen-bond acceptors (Lipinski definition) is 3. The fourth-order valence-corrected chi connectivity index (χ4v) is 2.15. The highest BCUT2D eigenvalue weighted by molar-refractivity contribution is 5.04. The maximum absolute atomic E-state index is 4.37. The Morgan fingerprint density at radius 1 is 1.29 bits per heavy atom. The van der Waals surface area contributed by atoms with Crippen molar-refractivity contribution < 1.29 is 0 Å². The first-order valence-electron chi connectivity index (χ1n) is 6.77. The summed E-state index contributed by atoms with van der Waals surface area (Å²) >= 11 is 0. The molecule has 3 heteroatoms. The summed E-state index contributed by atoms with van der Waals surface area (Å²) in [5, 5.41) is 3.58. The summed E-state index contributed by atoms with van der Waals surface area (Å²) in [6.07, 6.45) is 8.32. The molecule has 2 atom stereocenters. The minimum Gasteiger partial charge on any atom is -0.309 e. The van der Waals surface area contributed by atoms with Crippen molar-refractivity contribution in [3.05, 3.63) is 24.3 Å². The molecule has 0 saturated carbocycles. The first kappa shape index (κ1) is 14.1. The van der Waals surface area contributed by atoms with Crippen LogP contribution in [0.2, 0.25) is 0 Å². The van der Waals surface area contributed by atoms with E-state index in [0.717, 1.165) is 31.0 Å². The van der Waals surface area contributed by atoms with E-state index in [2.05, 4.69) is 36.1 Å². The summed E-state index contributed by atoms with van der Waals surface area (Å²) in [5.74, 6) is 0.740. The molecule has 1 rings (SSSR count). The molecular formula is C14H25N3. The van der Waals surface area contributed by atoms with E-state index in [9.17, 15) is 0 Å². The lowest BCUT2D eigenvalue weighted by Crippen LogP contribution is -2.25. The number of nitrogens with zero attached hydrogens (tertiary/aromatic N) is 2. The predicted octanol–water partition coefficient (Wildman–Crippen LogP) is 3.34. The van der Waals surface area contributed by atoms with Crippen LogP contribution >= 0.6 is 0 Å². The summed E-state index contributed by atoms with van der Waals surface area (Å²) < 4.78 is 0. The van der Waals surface area contributed by atoms with E-state index in [4.69, 9.17) is 0 Å². The molecule has 0 saturated heterocycles. The Morgan fingerprint density at radius 3 is 2.71 bits per heavy atom. The molecular weight excluding hydrogens is 210 g/mol. The van der Waals surface area contributed by atoms with Crippen LogP contribution in [0, 0.1) is 5.92 Å². The number of hydrogen-bond donors (Lipinski definition) is 1. The molecule has 17 heavy (non-hydrogen) atoms. The van der Waals surface area contributed by atoms with Gasteiger partial charge in [0.25, 0.3) is 0 Å². The highest BCUT2D eigenvalue weighted by atomic mass is 14.9. The van der Waals surface area contributed by atoms with Gasteiger partial charge < -0.3 is 5.32 Å². The zero-order chi connectivity index (χ0) is 12.5. The largest absolute Gasteiger partial charge is 0.309 e. The molecule has 1 heterocycles. The Bertz CT molecular complexity index is 287. The van der Waals surface area contributed by atoms with Crippen LogP contribution in [0.25, 0.3) is 0 Å². The smallest absolute Gasteiger partial charge is 0.115 e. The van der Waals surface area contributed by atoms with Gasteiger partial charge in [0.2, 0.25) is 0 Å². The molecule has 0 spiro atoms. The van der Waals surface area contributed by atoms with E-state index in [1.165, 1.54) is 12.8 Å². The standard InChI is InChI=1S/C14H25N3/c1-4-6-12(3)10-14(16-8-5-2)13-7-9-15-11-17-13/h7,9,11-12,14,16H,4-6,8,10H2,1-3H3. The summed E-state index contributed by atoms with van der Waals surface area (Å²) in [6, 6.07) is 2.39. The minimum atomic E-state index is 0.375. The monoisotopic (exact) mass is 235 g/mol. The molecule has 1 aromatic heterocycles. The lowest BCUT2D eigenvalue weighted by Gasteiger charge is -2.21. The van der Waals surface area contributed by atoms with Crippen molar-refractivity contribution in [1.82, 2.24) is 15.3 Å². The lowest BCUT2D eigenvalue weighted by atomic mass is 9.95. The van der Waals surface area contributed by atoms with Crippen molar-refractivity contribution in [2.24, 2.45) is 5.92 Å². The summed E-state index contributed by atoms with van der Waals surface area (Å²) in [7, 11) is 0. The molecule has 0 aliphatic carbocycles. The fraction of sp³-hybridized carbons (Fsp3) is 0.714. The maximum atomic E-state index is 4.37. The van der Waals surface area contributed by atoms with E-state index in [1.807, 2.05) is 12.3 Å². The highest BCUT2D eigenvalue weighted by Gasteiger charge is 2.15. The van der Waals surface area contributed by atoms with E-state index >= 15 is 0 Å². The summed E-state index contributed by atoms with van der Waals surface area (Å²) in [5.41, 5.74) is 1.12. The van der Waals surface area contributed by atoms with E-state index in [0.29, 0.717) is 6.04 Å². The van der Waals surface area contributed by atoms with E-state index < -0.39 is 0 Å². The second-order valence-corrected chi connectivity index (χ2v) is 4.77. The van der Waals surface area contributed by atoms with Gasteiger partial charge >= 0.3 is 0 Å². The second-order valence-electron chi connectivity index (χ2n) is 4.77. The minimum absolute atomic E-state index is 0.375. The average molecular weight is 235 g/mol. The van der Waals surface area contributed by atoms with Crippen molar-refractivity contribution in [2.75, 3.05) is 6.54 Å². The van der Waals surface area contributed by atoms with Gasteiger partial charge in [0.15, 0.2) is 0 Å². The zero-order valence-electron chi connectivity index (χ0n) is 11.3. The third-order valence-corrected chi connectivity index (χ3v) is 3.02. The normalized spacial score (nSPS) is 14.5. The SMILES string of the molecule is CCCNC(CC(C)CCC)c1ccncn1. The third kappa shape index (κ3) is 5.26. The quantitative estimate of drug-likeness (QED) is 0.751. The zero-order valence-corrected chi connectivity index (χ0v) is 11.3. The van der Waals surface area contributed by atoms with Gasteiger partial charge in [-0.15, -0.1) is 0 Å². The van der Waals surface area contributed by atoms with Crippen molar-refractivity contribution in [3.63, 3.8) is 0 Å². The average Bonchev–Trinajstić information content (AvgIpc) is 2.36. The molecule has 3 nitrogen and oxygen atoms in total. The third-order valence-electron chi connectivity index (χ3n) is 3.02. The molecule has 0 amide bonds. The second kappa shape index (κ2) is 8.18. The Labute approximate surface area is 105 Å². The molecule has 2 unspecified atom stereocenters. The van der Waals surface area contributed by atoms with E-state index in [-0.39, 0.29) is 0 Å². The van der Waals surface area contributed by atoms with Gasteiger partial charge in [-0.1, -0.05) is 33.6 Å². The van der Waals surface area contributed by atoms with Gasteiger partial charge in [0.1, 0.15) is 6.33 Å². The lowest BCUT2D eigenvalue weighted by molar-refractivity contribution is 0.384. The van der Waals surface area contributed by atoms with Crippen LogP contribution in [0.1, 0.15) is 58.2 Å². The first-order chi connectivity index (χ1) is 8.27. The topological polar surface area (TPSA) is 37.8 Å². The summed E-state index contributed by atoms with van der Waals surface area (Å²) in [6.45, 7) is 7.81. The van der Waals surface area contributed by atoms with Crippen LogP contribution in [0.5, 0.6) is 0 Å². The molecule has 0 bridgehead atoms. The number of rotatable bonds is 8. The van der Waals surface area contributed by atoms with Gasteiger partial charge in [-0.2, -0.15) is 0 Å². The van der Waals surface area contributed by atoms with Crippen LogP contribution in [0.3, 0.4) is 0 Å². The van der Waals surface area contributed by atoms with Gasteiger partial charge in [-0.05, 0) is 31.4 Å². The molecule has 0 fully saturated rings. The molecule has 0 aliphatic rings. The molecule has 0 aromatic carbocycles. The van der Waals surface area contributed by atoms with Crippen LogP contribution in [0.4, 0.5) is 0 Å².